The number of nitrogen functional groups attached to an aromatic ring is 1. The Bertz CT molecular complexity index is 542. The van der Waals surface area contributed by atoms with Crippen LogP contribution in [0.25, 0.3) is 11.3 Å². The summed E-state index contributed by atoms with van der Waals surface area (Å²) in [5, 5.41) is 8.72. The summed E-state index contributed by atoms with van der Waals surface area (Å²) >= 11 is 0. The molecule has 86 valence electrons. The van der Waals surface area contributed by atoms with E-state index in [2.05, 4.69) is 15.0 Å². The van der Waals surface area contributed by atoms with Crippen molar-refractivity contribution in [2.75, 3.05) is 5.73 Å². The highest BCUT2D eigenvalue weighted by Crippen LogP contribution is 2.17. The average Bonchev–Trinajstić information content (AvgIpc) is 2.32. The van der Waals surface area contributed by atoms with Crippen molar-refractivity contribution in [3.8, 4) is 11.3 Å². The Morgan fingerprint density at radius 2 is 2.24 bits per heavy atom. The van der Waals surface area contributed by atoms with Crippen molar-refractivity contribution >= 4 is 11.8 Å². The van der Waals surface area contributed by atoms with Crippen LogP contribution in [0.3, 0.4) is 0 Å². The lowest BCUT2D eigenvalue weighted by Gasteiger charge is -2.04. The number of aliphatic carboxylic acids is 1. The van der Waals surface area contributed by atoms with Crippen molar-refractivity contribution in [1.29, 1.82) is 0 Å². The number of nitrogens with zero attached hydrogens (tertiary/aromatic N) is 3. The molecule has 6 nitrogen and oxygen atoms in total. The molecule has 2 aromatic rings. The summed E-state index contributed by atoms with van der Waals surface area (Å²) in [5.41, 5.74) is 7.15. The Balaban J connectivity index is 2.41. The van der Waals surface area contributed by atoms with Gasteiger partial charge in [0.2, 0.25) is 0 Å². The molecule has 17 heavy (non-hydrogen) atoms. The van der Waals surface area contributed by atoms with Crippen LogP contribution >= 0.6 is 0 Å². The topological polar surface area (TPSA) is 102 Å². The third-order valence-corrected chi connectivity index (χ3v) is 2.15. The van der Waals surface area contributed by atoms with Crippen LogP contribution < -0.4 is 5.73 Å². The standard InChI is InChI=1S/C11H10N4O2/c12-11-8(4-10(16)17)15-9(6-14-11)7-2-1-3-13-5-7/h1-3,5-6H,4H2,(H2,12,14)(H,16,17). The second kappa shape index (κ2) is 4.56. The first kappa shape index (κ1) is 11.0. The van der Waals surface area contributed by atoms with E-state index in [1.54, 1.807) is 18.5 Å². The SMILES string of the molecule is Nc1ncc(-c2cccnc2)nc1CC(=O)O. The number of pyridine rings is 1. The summed E-state index contributed by atoms with van der Waals surface area (Å²) in [7, 11) is 0. The molecule has 2 heterocycles. The van der Waals surface area contributed by atoms with E-state index in [0.29, 0.717) is 5.69 Å². The van der Waals surface area contributed by atoms with Gasteiger partial charge in [-0.1, -0.05) is 0 Å². The minimum absolute atomic E-state index is 0.139. The van der Waals surface area contributed by atoms with Gasteiger partial charge >= 0.3 is 5.97 Å². The molecule has 0 aliphatic carbocycles. The number of carboxylic acids is 1. The highest BCUT2D eigenvalue weighted by atomic mass is 16.4. The molecule has 0 saturated carbocycles. The molecule has 0 aliphatic heterocycles. The molecule has 0 aromatic carbocycles. The van der Waals surface area contributed by atoms with Crippen LogP contribution in [-0.2, 0) is 11.2 Å². The maximum absolute atomic E-state index is 10.6. The molecular formula is C11H10N4O2. The zero-order valence-corrected chi connectivity index (χ0v) is 8.87. The molecule has 0 radical (unpaired) electrons. The second-order valence-corrected chi connectivity index (χ2v) is 3.40. The minimum Gasteiger partial charge on any atom is -0.481 e. The molecule has 0 fully saturated rings. The maximum Gasteiger partial charge on any atom is 0.309 e. The van der Waals surface area contributed by atoms with Crippen molar-refractivity contribution in [2.45, 2.75) is 6.42 Å². The van der Waals surface area contributed by atoms with E-state index in [1.807, 2.05) is 6.07 Å². The quantitative estimate of drug-likeness (QED) is 0.806. The van der Waals surface area contributed by atoms with Gasteiger partial charge in [-0.25, -0.2) is 9.97 Å². The van der Waals surface area contributed by atoms with Crippen LogP contribution in [0.4, 0.5) is 5.82 Å². The van der Waals surface area contributed by atoms with Crippen LogP contribution in [0.2, 0.25) is 0 Å². The third-order valence-electron chi connectivity index (χ3n) is 2.15. The first-order valence-corrected chi connectivity index (χ1v) is 4.90. The zero-order valence-electron chi connectivity index (χ0n) is 8.87. The van der Waals surface area contributed by atoms with Gasteiger partial charge in [0, 0.05) is 18.0 Å². The fourth-order valence-corrected chi connectivity index (χ4v) is 1.36. The number of aromatic nitrogens is 3. The van der Waals surface area contributed by atoms with E-state index in [0.717, 1.165) is 5.56 Å². The summed E-state index contributed by atoms with van der Waals surface area (Å²) in [6.45, 7) is 0. The summed E-state index contributed by atoms with van der Waals surface area (Å²) in [5.74, 6) is -0.852. The number of carboxylic acid groups (broad SMARTS) is 1. The first-order chi connectivity index (χ1) is 8.16. The lowest BCUT2D eigenvalue weighted by Crippen LogP contribution is -2.08. The van der Waals surface area contributed by atoms with Gasteiger partial charge in [0.1, 0.15) is 5.82 Å². The van der Waals surface area contributed by atoms with Crippen molar-refractivity contribution in [3.63, 3.8) is 0 Å². The summed E-state index contributed by atoms with van der Waals surface area (Å²) < 4.78 is 0. The van der Waals surface area contributed by atoms with Crippen LogP contribution in [0.1, 0.15) is 5.69 Å². The lowest BCUT2D eigenvalue weighted by atomic mass is 10.2. The summed E-state index contributed by atoms with van der Waals surface area (Å²) in [6, 6.07) is 3.59. The molecule has 0 unspecified atom stereocenters. The number of hydrogen-bond acceptors (Lipinski definition) is 5. The van der Waals surface area contributed by atoms with Crippen molar-refractivity contribution < 1.29 is 9.90 Å². The molecule has 2 rings (SSSR count). The minimum atomic E-state index is -0.991. The molecule has 0 spiro atoms. The first-order valence-electron chi connectivity index (χ1n) is 4.90. The van der Waals surface area contributed by atoms with Gasteiger partial charge in [0.25, 0.3) is 0 Å². The van der Waals surface area contributed by atoms with Crippen molar-refractivity contribution in [2.24, 2.45) is 0 Å². The van der Waals surface area contributed by atoms with Gasteiger partial charge in [-0.2, -0.15) is 0 Å². The van der Waals surface area contributed by atoms with Crippen LogP contribution in [0.15, 0.2) is 30.7 Å². The van der Waals surface area contributed by atoms with Crippen LogP contribution in [0.5, 0.6) is 0 Å². The Morgan fingerprint density at radius 3 is 2.88 bits per heavy atom. The van der Waals surface area contributed by atoms with Gasteiger partial charge in [0.05, 0.1) is 24.0 Å². The van der Waals surface area contributed by atoms with E-state index < -0.39 is 5.97 Å². The van der Waals surface area contributed by atoms with Crippen LogP contribution in [-0.4, -0.2) is 26.0 Å². The molecule has 0 amide bonds. The Morgan fingerprint density at radius 1 is 1.41 bits per heavy atom. The number of anilines is 1. The third kappa shape index (κ3) is 2.54. The number of carbonyl (C=O) groups is 1. The maximum atomic E-state index is 10.6. The monoisotopic (exact) mass is 230 g/mol. The Kier molecular flexibility index (Phi) is 2.95. The molecule has 0 saturated heterocycles. The van der Waals surface area contributed by atoms with Crippen molar-refractivity contribution in [3.05, 3.63) is 36.4 Å². The molecule has 3 N–H and O–H groups in total. The average molecular weight is 230 g/mol. The molecule has 0 atom stereocenters. The summed E-state index contributed by atoms with van der Waals surface area (Å²) in [6.07, 6.45) is 4.53. The molecule has 0 aliphatic rings. The molecule has 2 aromatic heterocycles. The highest BCUT2D eigenvalue weighted by Gasteiger charge is 2.09. The molecule has 6 heteroatoms. The molecular weight excluding hydrogens is 220 g/mol. The van der Waals surface area contributed by atoms with E-state index in [1.165, 1.54) is 6.20 Å². The largest absolute Gasteiger partial charge is 0.481 e. The predicted octanol–water partition coefficient (Wildman–Crippen LogP) is 0.748. The fourth-order valence-electron chi connectivity index (χ4n) is 1.36. The fraction of sp³-hybridized carbons (Fsp3) is 0.0909. The van der Waals surface area contributed by atoms with Gasteiger partial charge < -0.3 is 10.8 Å². The Hall–Kier alpha value is -2.50. The Labute approximate surface area is 97.2 Å². The van der Waals surface area contributed by atoms with Gasteiger partial charge in [-0.15, -0.1) is 0 Å². The van der Waals surface area contributed by atoms with Gasteiger partial charge in [-0.05, 0) is 12.1 Å². The van der Waals surface area contributed by atoms with E-state index >= 15 is 0 Å². The normalized spacial score (nSPS) is 10.1. The van der Waals surface area contributed by atoms with Crippen molar-refractivity contribution in [1.82, 2.24) is 15.0 Å². The molecule has 0 bridgehead atoms. The predicted molar refractivity (Wildman–Crippen MR) is 61.0 cm³/mol. The number of hydrogen-bond donors (Lipinski definition) is 2. The smallest absolute Gasteiger partial charge is 0.309 e. The van der Waals surface area contributed by atoms with Gasteiger partial charge in [-0.3, -0.25) is 9.78 Å². The number of rotatable bonds is 3. The highest BCUT2D eigenvalue weighted by molar-refractivity contribution is 5.71. The lowest BCUT2D eigenvalue weighted by molar-refractivity contribution is -0.136. The van der Waals surface area contributed by atoms with Gasteiger partial charge in [0.15, 0.2) is 0 Å². The summed E-state index contributed by atoms with van der Waals surface area (Å²) in [4.78, 5) is 22.7. The van der Waals surface area contributed by atoms with E-state index in [9.17, 15) is 4.79 Å². The van der Waals surface area contributed by atoms with Crippen LogP contribution in [0, 0.1) is 0 Å². The second-order valence-electron chi connectivity index (χ2n) is 3.40. The van der Waals surface area contributed by atoms with E-state index in [-0.39, 0.29) is 17.9 Å². The zero-order chi connectivity index (χ0) is 12.3. The number of nitrogens with two attached hydrogens (primary N) is 1. The van der Waals surface area contributed by atoms with E-state index in [4.69, 9.17) is 10.8 Å².